The highest BCUT2D eigenvalue weighted by Crippen LogP contribution is 2.21. The van der Waals surface area contributed by atoms with Crippen molar-refractivity contribution >= 4 is 11.9 Å². The Bertz CT molecular complexity index is 399. The predicted octanol–water partition coefficient (Wildman–Crippen LogP) is 1.71. The van der Waals surface area contributed by atoms with Gasteiger partial charge in [-0.25, -0.2) is 4.39 Å². The first kappa shape index (κ1) is 7.91. The van der Waals surface area contributed by atoms with Gasteiger partial charge in [0.05, 0.1) is 5.71 Å². The Morgan fingerprint density at radius 1 is 1.38 bits per heavy atom. The van der Waals surface area contributed by atoms with Crippen LogP contribution in [0.15, 0.2) is 28.4 Å². The molecule has 1 aromatic rings. The van der Waals surface area contributed by atoms with Crippen LogP contribution in [0.4, 0.5) is 4.39 Å². The van der Waals surface area contributed by atoms with Crippen molar-refractivity contribution in [3.05, 3.63) is 29.6 Å². The van der Waals surface area contributed by atoms with E-state index in [-0.39, 0.29) is 11.6 Å². The summed E-state index contributed by atoms with van der Waals surface area (Å²) in [4.78, 5) is 0. The van der Waals surface area contributed by atoms with Crippen LogP contribution in [0.3, 0.4) is 0 Å². The fraction of sp³-hybridized carbons (Fsp3) is 0.111. The van der Waals surface area contributed by atoms with Crippen LogP contribution in [0.2, 0.25) is 0 Å². The van der Waals surface area contributed by atoms with E-state index in [1.165, 1.54) is 18.2 Å². The van der Waals surface area contributed by atoms with Gasteiger partial charge in [0.2, 0.25) is 0 Å². The lowest BCUT2D eigenvalue weighted by Crippen LogP contribution is -1.98. The first-order valence-electron chi connectivity index (χ1n) is 3.84. The molecule has 1 aromatic carbocycles. The molecule has 0 fully saturated rings. The van der Waals surface area contributed by atoms with Gasteiger partial charge in [0, 0.05) is 18.2 Å². The highest BCUT2D eigenvalue weighted by molar-refractivity contribution is 6.10. The monoisotopic (exact) mass is 178 g/mol. The summed E-state index contributed by atoms with van der Waals surface area (Å²) in [5, 5.41) is 16.8. The van der Waals surface area contributed by atoms with Gasteiger partial charge in [-0.3, -0.25) is 0 Å². The summed E-state index contributed by atoms with van der Waals surface area (Å²) < 4.78 is 12.8. The summed E-state index contributed by atoms with van der Waals surface area (Å²) in [5.41, 5.74) is 1.01. The molecule has 0 aliphatic carbocycles. The average Bonchev–Trinajstić information content (AvgIpc) is 2.61. The maximum Gasteiger partial charge on any atom is 0.124 e. The summed E-state index contributed by atoms with van der Waals surface area (Å²) in [6, 6.07) is 3.77. The Hall–Kier alpha value is -1.71. The first-order chi connectivity index (χ1) is 6.27. The van der Waals surface area contributed by atoms with Crippen LogP contribution in [-0.4, -0.2) is 17.0 Å². The third-order valence-electron chi connectivity index (χ3n) is 1.81. The van der Waals surface area contributed by atoms with Crippen molar-refractivity contribution in [2.24, 2.45) is 10.2 Å². The van der Waals surface area contributed by atoms with Gasteiger partial charge in [0.15, 0.2) is 0 Å². The van der Waals surface area contributed by atoms with E-state index >= 15 is 0 Å². The predicted molar refractivity (Wildman–Crippen MR) is 47.7 cm³/mol. The third-order valence-corrected chi connectivity index (χ3v) is 1.81. The second-order valence-corrected chi connectivity index (χ2v) is 2.71. The highest BCUT2D eigenvalue weighted by atomic mass is 19.1. The van der Waals surface area contributed by atoms with Gasteiger partial charge in [0.1, 0.15) is 11.6 Å². The number of phenols is 1. The summed E-state index contributed by atoms with van der Waals surface area (Å²) in [6.07, 6.45) is 2.15. The normalized spacial score (nSPS) is 14.7. The van der Waals surface area contributed by atoms with Crippen molar-refractivity contribution in [3.8, 4) is 5.75 Å². The van der Waals surface area contributed by atoms with E-state index in [2.05, 4.69) is 10.2 Å². The zero-order valence-electron chi connectivity index (χ0n) is 6.74. The standard InChI is InChI=1S/C9H7FN2O/c10-6-1-2-9(13)7(5-6)8-3-4-11-12-8/h1-2,4-5,13H,3H2. The van der Waals surface area contributed by atoms with Gasteiger partial charge in [-0.2, -0.15) is 10.2 Å². The molecule has 4 heteroatoms. The van der Waals surface area contributed by atoms with Gasteiger partial charge < -0.3 is 5.11 Å². The Balaban J connectivity index is 2.45. The number of rotatable bonds is 1. The number of benzene rings is 1. The Labute approximate surface area is 74.2 Å². The minimum Gasteiger partial charge on any atom is -0.507 e. The molecule has 66 valence electrons. The van der Waals surface area contributed by atoms with Crippen molar-refractivity contribution in [3.63, 3.8) is 0 Å². The number of aromatic hydroxyl groups is 1. The summed E-state index contributed by atoms with van der Waals surface area (Å²) in [7, 11) is 0. The Morgan fingerprint density at radius 3 is 2.92 bits per heavy atom. The van der Waals surface area contributed by atoms with E-state index in [1.807, 2.05) is 0 Å². The second-order valence-electron chi connectivity index (χ2n) is 2.71. The quantitative estimate of drug-likeness (QED) is 0.699. The van der Waals surface area contributed by atoms with Crippen molar-refractivity contribution < 1.29 is 9.50 Å². The smallest absolute Gasteiger partial charge is 0.124 e. The minimum absolute atomic E-state index is 0.0330. The summed E-state index contributed by atoms with van der Waals surface area (Å²) >= 11 is 0. The van der Waals surface area contributed by atoms with Gasteiger partial charge in [-0.05, 0) is 18.2 Å². The largest absolute Gasteiger partial charge is 0.507 e. The molecule has 1 heterocycles. The third kappa shape index (κ3) is 1.42. The van der Waals surface area contributed by atoms with Crippen molar-refractivity contribution in [2.75, 3.05) is 0 Å². The fourth-order valence-electron chi connectivity index (χ4n) is 1.18. The highest BCUT2D eigenvalue weighted by Gasteiger charge is 2.11. The fourth-order valence-corrected chi connectivity index (χ4v) is 1.18. The van der Waals surface area contributed by atoms with Crippen LogP contribution in [0, 0.1) is 5.82 Å². The van der Waals surface area contributed by atoms with E-state index < -0.39 is 0 Å². The maximum absolute atomic E-state index is 12.8. The molecule has 3 nitrogen and oxygen atoms in total. The van der Waals surface area contributed by atoms with Crippen LogP contribution in [0.25, 0.3) is 0 Å². The molecule has 0 aromatic heterocycles. The second kappa shape index (κ2) is 2.97. The van der Waals surface area contributed by atoms with E-state index in [0.29, 0.717) is 17.7 Å². The van der Waals surface area contributed by atoms with E-state index in [4.69, 9.17) is 0 Å². The number of phenolic OH excluding ortho intramolecular Hbond substituents is 1. The van der Waals surface area contributed by atoms with Crippen LogP contribution in [0.1, 0.15) is 12.0 Å². The lowest BCUT2D eigenvalue weighted by Gasteiger charge is -2.02. The molecule has 0 unspecified atom stereocenters. The van der Waals surface area contributed by atoms with Gasteiger partial charge >= 0.3 is 0 Å². The minimum atomic E-state index is -0.387. The molecule has 0 radical (unpaired) electrons. The molecule has 1 aliphatic rings. The summed E-state index contributed by atoms with van der Waals surface area (Å²) in [6.45, 7) is 0. The van der Waals surface area contributed by atoms with Crippen LogP contribution >= 0.6 is 0 Å². The maximum atomic E-state index is 12.8. The number of halogens is 1. The van der Waals surface area contributed by atoms with Gasteiger partial charge in [-0.1, -0.05) is 0 Å². The van der Waals surface area contributed by atoms with Crippen molar-refractivity contribution in [1.82, 2.24) is 0 Å². The van der Waals surface area contributed by atoms with E-state index in [1.54, 1.807) is 6.21 Å². The molecule has 1 N–H and O–H groups in total. The van der Waals surface area contributed by atoms with Crippen molar-refractivity contribution in [2.45, 2.75) is 6.42 Å². The van der Waals surface area contributed by atoms with Gasteiger partial charge in [0.25, 0.3) is 0 Å². The van der Waals surface area contributed by atoms with Crippen LogP contribution in [0.5, 0.6) is 5.75 Å². The average molecular weight is 178 g/mol. The molecule has 0 bridgehead atoms. The Kier molecular flexibility index (Phi) is 1.81. The zero-order valence-corrected chi connectivity index (χ0v) is 6.74. The van der Waals surface area contributed by atoms with Crippen molar-refractivity contribution in [1.29, 1.82) is 0 Å². The van der Waals surface area contributed by atoms with E-state index in [0.717, 1.165) is 0 Å². The zero-order chi connectivity index (χ0) is 9.26. The molecule has 0 amide bonds. The molecule has 0 saturated carbocycles. The van der Waals surface area contributed by atoms with Crippen LogP contribution in [-0.2, 0) is 0 Å². The molecular weight excluding hydrogens is 171 g/mol. The van der Waals surface area contributed by atoms with Crippen LogP contribution < -0.4 is 0 Å². The SMILES string of the molecule is Oc1ccc(F)cc1C1=NN=CC1. The topological polar surface area (TPSA) is 45.0 Å². The van der Waals surface area contributed by atoms with E-state index in [9.17, 15) is 9.50 Å². The molecule has 2 rings (SSSR count). The molecule has 13 heavy (non-hydrogen) atoms. The Morgan fingerprint density at radius 2 is 2.23 bits per heavy atom. The molecule has 0 atom stereocenters. The molecular formula is C9H7FN2O. The first-order valence-corrected chi connectivity index (χ1v) is 3.84. The molecule has 1 aliphatic heterocycles. The lowest BCUT2D eigenvalue weighted by atomic mass is 10.1. The number of nitrogens with zero attached hydrogens (tertiary/aromatic N) is 2. The molecule has 0 spiro atoms. The van der Waals surface area contributed by atoms with Gasteiger partial charge in [-0.15, -0.1) is 0 Å². The number of hydrogen-bond acceptors (Lipinski definition) is 3. The lowest BCUT2D eigenvalue weighted by molar-refractivity contribution is 0.472. The summed E-state index contributed by atoms with van der Waals surface area (Å²) in [5.74, 6) is -0.354. The molecule has 0 saturated heterocycles. The number of hydrogen-bond donors (Lipinski definition) is 1.